The van der Waals surface area contributed by atoms with Crippen LogP contribution in [0.4, 0.5) is 0 Å². The molecule has 0 fully saturated rings. The fourth-order valence-corrected chi connectivity index (χ4v) is 5.67. The lowest BCUT2D eigenvalue weighted by Gasteiger charge is -2.18. The maximum Gasteiger partial charge on any atom is 0.306 e. The third-order valence-electron chi connectivity index (χ3n) is 8.35. The summed E-state index contributed by atoms with van der Waals surface area (Å²) in [5.41, 5.74) is 0. The number of carboxylic acid groups (broad SMARTS) is 1. The van der Waals surface area contributed by atoms with Gasteiger partial charge < -0.3 is 9.84 Å². The molecular formula is C36H70O4. The molecule has 4 nitrogen and oxygen atoms in total. The van der Waals surface area contributed by atoms with Gasteiger partial charge in [0.1, 0.15) is 6.10 Å². The highest BCUT2D eigenvalue weighted by Crippen LogP contribution is 2.19. The Bertz CT molecular complexity index is 533. The van der Waals surface area contributed by atoms with Crippen molar-refractivity contribution in [3.8, 4) is 0 Å². The zero-order valence-electron chi connectivity index (χ0n) is 27.2. The summed E-state index contributed by atoms with van der Waals surface area (Å²) in [7, 11) is 0. The van der Waals surface area contributed by atoms with Crippen molar-refractivity contribution in [2.24, 2.45) is 0 Å². The van der Waals surface area contributed by atoms with Crippen molar-refractivity contribution in [2.45, 2.75) is 219 Å². The van der Waals surface area contributed by atoms with E-state index < -0.39 is 5.97 Å². The zero-order chi connectivity index (χ0) is 29.4. The van der Waals surface area contributed by atoms with Crippen LogP contribution >= 0.6 is 0 Å². The number of ether oxygens (including phenoxy) is 1. The minimum Gasteiger partial charge on any atom is -0.481 e. The molecule has 0 rings (SSSR count). The van der Waals surface area contributed by atoms with E-state index in [-0.39, 0.29) is 24.9 Å². The number of hydrogen-bond acceptors (Lipinski definition) is 3. The van der Waals surface area contributed by atoms with Crippen LogP contribution in [0, 0.1) is 0 Å². The summed E-state index contributed by atoms with van der Waals surface area (Å²) >= 11 is 0. The summed E-state index contributed by atoms with van der Waals surface area (Å²) in [6, 6.07) is 0. The lowest BCUT2D eigenvalue weighted by molar-refractivity contribution is -0.152. The Morgan fingerprint density at radius 1 is 0.450 bits per heavy atom. The summed E-state index contributed by atoms with van der Waals surface area (Å²) in [6.45, 7) is 4.55. The molecule has 1 N–H and O–H groups in total. The van der Waals surface area contributed by atoms with Gasteiger partial charge in [-0.1, -0.05) is 174 Å². The number of carbonyl (C=O) groups excluding carboxylic acids is 1. The van der Waals surface area contributed by atoms with E-state index in [1.807, 2.05) is 0 Å². The van der Waals surface area contributed by atoms with E-state index in [1.165, 1.54) is 161 Å². The van der Waals surface area contributed by atoms with Crippen molar-refractivity contribution >= 4 is 11.9 Å². The molecule has 40 heavy (non-hydrogen) atoms. The smallest absolute Gasteiger partial charge is 0.306 e. The number of aliphatic carboxylic acids is 1. The van der Waals surface area contributed by atoms with E-state index in [2.05, 4.69) is 13.8 Å². The molecule has 238 valence electrons. The first kappa shape index (κ1) is 38.9. The van der Waals surface area contributed by atoms with E-state index in [1.54, 1.807) is 0 Å². The minimum atomic E-state index is -0.934. The molecule has 0 aliphatic carbocycles. The molecule has 0 bridgehead atoms. The van der Waals surface area contributed by atoms with Crippen molar-refractivity contribution in [1.82, 2.24) is 0 Å². The number of esters is 1. The van der Waals surface area contributed by atoms with Gasteiger partial charge in [-0.05, 0) is 25.7 Å². The molecule has 0 aliphatic heterocycles. The first-order valence-electron chi connectivity index (χ1n) is 18.0. The van der Waals surface area contributed by atoms with Gasteiger partial charge in [0.2, 0.25) is 0 Å². The third kappa shape index (κ3) is 31.5. The van der Waals surface area contributed by atoms with E-state index in [4.69, 9.17) is 9.84 Å². The molecule has 0 radical (unpaired) electrons. The molecule has 0 aromatic heterocycles. The summed E-state index contributed by atoms with van der Waals surface area (Å²) in [5.74, 6) is -1.27. The Morgan fingerprint density at radius 3 is 1.00 bits per heavy atom. The second-order valence-corrected chi connectivity index (χ2v) is 12.4. The summed E-state index contributed by atoms with van der Waals surface area (Å²) in [6.07, 6.45) is 37.9. The summed E-state index contributed by atoms with van der Waals surface area (Å²) in [5, 5.41) is 8.86. The third-order valence-corrected chi connectivity index (χ3v) is 8.35. The van der Waals surface area contributed by atoms with E-state index >= 15 is 0 Å². The van der Waals surface area contributed by atoms with Crippen LogP contribution in [-0.2, 0) is 14.3 Å². The quantitative estimate of drug-likeness (QED) is 0.0633. The van der Waals surface area contributed by atoms with Gasteiger partial charge in [0, 0.05) is 0 Å². The van der Waals surface area contributed by atoms with Crippen LogP contribution in [0.15, 0.2) is 0 Å². The summed E-state index contributed by atoms with van der Waals surface area (Å²) < 4.78 is 5.71. The largest absolute Gasteiger partial charge is 0.481 e. The van der Waals surface area contributed by atoms with Crippen molar-refractivity contribution in [3.05, 3.63) is 0 Å². The van der Waals surface area contributed by atoms with Gasteiger partial charge in [-0.3, -0.25) is 9.59 Å². The highest BCUT2D eigenvalue weighted by atomic mass is 16.5. The van der Waals surface area contributed by atoms with Crippen LogP contribution in [0.1, 0.15) is 213 Å². The van der Waals surface area contributed by atoms with Crippen LogP contribution in [0.2, 0.25) is 0 Å². The van der Waals surface area contributed by atoms with E-state index in [9.17, 15) is 9.59 Å². The highest BCUT2D eigenvalue weighted by Gasteiger charge is 2.15. The molecule has 0 aromatic rings. The van der Waals surface area contributed by atoms with Gasteiger partial charge in [-0.15, -0.1) is 0 Å². The average Bonchev–Trinajstić information content (AvgIpc) is 2.94. The molecule has 1 atom stereocenters. The maximum absolute atomic E-state index is 12.1. The first-order chi connectivity index (χ1) is 19.6. The number of hydrogen-bond donors (Lipinski definition) is 1. The topological polar surface area (TPSA) is 63.6 Å². The van der Waals surface area contributed by atoms with Crippen LogP contribution in [-0.4, -0.2) is 23.1 Å². The van der Waals surface area contributed by atoms with Gasteiger partial charge in [0.25, 0.3) is 0 Å². The van der Waals surface area contributed by atoms with Crippen molar-refractivity contribution in [1.29, 1.82) is 0 Å². The van der Waals surface area contributed by atoms with Crippen molar-refractivity contribution in [3.63, 3.8) is 0 Å². The molecule has 0 aliphatic rings. The Kier molecular flexibility index (Phi) is 31.6. The lowest BCUT2D eigenvalue weighted by atomic mass is 10.0. The normalized spacial score (nSPS) is 12.1. The van der Waals surface area contributed by atoms with Gasteiger partial charge in [-0.2, -0.15) is 0 Å². The average molecular weight is 567 g/mol. The standard InChI is InChI=1S/C36H70O4/c1-3-5-7-9-11-13-15-16-17-18-19-21-23-25-27-29-31-34(40-36(39)33-32-35(37)38)30-28-26-24-22-20-14-12-10-8-6-4-2/h34H,3-33H2,1-2H3,(H,37,38). The molecule has 0 aromatic carbocycles. The predicted molar refractivity (Wildman–Crippen MR) is 172 cm³/mol. The molecule has 0 amide bonds. The number of carboxylic acids is 1. The van der Waals surface area contributed by atoms with Gasteiger partial charge in [0.05, 0.1) is 12.8 Å². The van der Waals surface area contributed by atoms with Crippen molar-refractivity contribution in [2.75, 3.05) is 0 Å². The first-order valence-corrected chi connectivity index (χ1v) is 18.0. The Hall–Kier alpha value is -1.06. The SMILES string of the molecule is CCCCCCCCCCCCCCCCCCC(CCCCCCCCCCCCC)OC(=O)CCC(=O)O. The maximum atomic E-state index is 12.1. The lowest BCUT2D eigenvalue weighted by Crippen LogP contribution is -2.19. The molecule has 0 spiro atoms. The molecule has 0 saturated heterocycles. The molecule has 0 heterocycles. The predicted octanol–water partition coefficient (Wildman–Crippen LogP) is 12.1. The molecule has 0 saturated carbocycles. The monoisotopic (exact) mass is 567 g/mol. The second kappa shape index (κ2) is 32.5. The summed E-state index contributed by atoms with van der Waals surface area (Å²) in [4.78, 5) is 22.9. The Labute approximate surface area is 250 Å². The molecule has 4 heteroatoms. The second-order valence-electron chi connectivity index (χ2n) is 12.4. The molecular weight excluding hydrogens is 496 g/mol. The van der Waals surface area contributed by atoms with Crippen LogP contribution in [0.3, 0.4) is 0 Å². The van der Waals surface area contributed by atoms with Crippen LogP contribution in [0.25, 0.3) is 0 Å². The highest BCUT2D eigenvalue weighted by molar-refractivity contribution is 5.76. The van der Waals surface area contributed by atoms with Gasteiger partial charge in [-0.25, -0.2) is 0 Å². The zero-order valence-corrected chi connectivity index (χ0v) is 27.2. The van der Waals surface area contributed by atoms with Gasteiger partial charge in [0.15, 0.2) is 0 Å². The Morgan fingerprint density at radius 2 is 0.725 bits per heavy atom. The minimum absolute atomic E-state index is 0.0109. The van der Waals surface area contributed by atoms with Crippen LogP contribution in [0.5, 0.6) is 0 Å². The fourth-order valence-electron chi connectivity index (χ4n) is 5.67. The van der Waals surface area contributed by atoms with Crippen molar-refractivity contribution < 1.29 is 19.4 Å². The van der Waals surface area contributed by atoms with Gasteiger partial charge >= 0.3 is 11.9 Å². The van der Waals surface area contributed by atoms with Crippen LogP contribution < -0.4 is 0 Å². The van der Waals surface area contributed by atoms with E-state index in [0.717, 1.165) is 25.7 Å². The Balaban J connectivity index is 3.83. The number of rotatable bonds is 33. The number of carbonyl (C=O) groups is 2. The number of unbranched alkanes of at least 4 members (excludes halogenated alkanes) is 25. The molecule has 1 unspecified atom stereocenters. The fraction of sp³-hybridized carbons (Fsp3) is 0.944. The van der Waals surface area contributed by atoms with E-state index in [0.29, 0.717) is 0 Å².